The van der Waals surface area contributed by atoms with Crippen molar-refractivity contribution in [2.75, 3.05) is 6.54 Å². The van der Waals surface area contributed by atoms with Crippen molar-refractivity contribution < 1.29 is 17.6 Å². The van der Waals surface area contributed by atoms with Gasteiger partial charge in [-0.05, 0) is 67.0 Å². The smallest absolute Gasteiger partial charge is 0.416 e. The van der Waals surface area contributed by atoms with Crippen molar-refractivity contribution in [2.45, 2.75) is 19.0 Å². The van der Waals surface area contributed by atoms with Gasteiger partial charge in [0.25, 0.3) is 0 Å². The number of allylic oxidation sites excluding steroid dienone is 1. The molecule has 0 radical (unpaired) electrons. The summed E-state index contributed by atoms with van der Waals surface area (Å²) in [5.41, 5.74) is 2.48. The molecule has 0 aliphatic carbocycles. The van der Waals surface area contributed by atoms with E-state index in [9.17, 15) is 13.2 Å². The summed E-state index contributed by atoms with van der Waals surface area (Å²) in [7, 11) is 0. The van der Waals surface area contributed by atoms with Crippen LogP contribution in [0.25, 0.3) is 17.4 Å². The molecule has 0 atom stereocenters. The Hall–Kier alpha value is -2.86. The normalized spacial score (nSPS) is 16.1. The van der Waals surface area contributed by atoms with Crippen LogP contribution in [-0.4, -0.2) is 17.2 Å². The molecular weight excluding hydrogens is 401 g/mol. The maximum atomic E-state index is 12.8. The predicted octanol–water partition coefficient (Wildman–Crippen LogP) is 6.68. The van der Waals surface area contributed by atoms with Crippen LogP contribution >= 0.6 is 11.6 Å². The zero-order valence-corrected chi connectivity index (χ0v) is 16.0. The van der Waals surface area contributed by atoms with Crippen molar-refractivity contribution in [1.29, 1.82) is 0 Å². The van der Waals surface area contributed by atoms with Gasteiger partial charge in [0.15, 0.2) is 0 Å². The lowest BCUT2D eigenvalue weighted by molar-refractivity contribution is -0.137. The molecule has 0 spiro atoms. The average Bonchev–Trinajstić information content (AvgIpc) is 3.16. The van der Waals surface area contributed by atoms with Gasteiger partial charge in [-0.3, -0.25) is 9.98 Å². The van der Waals surface area contributed by atoms with Gasteiger partial charge in [-0.15, -0.1) is 0 Å². The molecule has 4 rings (SSSR count). The first kappa shape index (κ1) is 19.5. The molecule has 7 heteroatoms. The van der Waals surface area contributed by atoms with E-state index in [-0.39, 0.29) is 5.02 Å². The molecule has 0 fully saturated rings. The molecule has 148 valence electrons. The first-order valence-corrected chi connectivity index (χ1v) is 9.42. The maximum Gasteiger partial charge on any atom is 0.416 e. The molecule has 0 saturated carbocycles. The Morgan fingerprint density at radius 1 is 1.10 bits per heavy atom. The molecule has 1 aliphatic heterocycles. The SMILES string of the molecule is FC(F)(F)c1ccc(-c2ccc(C=C3CCCN=C3c3cccnc3)o2)c(Cl)c1. The number of aliphatic imine (C=N–C) groups is 1. The minimum absolute atomic E-state index is 0.0105. The molecular formula is C22H16ClF3N2O. The molecule has 1 aliphatic rings. The molecule has 2 aromatic heterocycles. The molecule has 1 aromatic carbocycles. The summed E-state index contributed by atoms with van der Waals surface area (Å²) < 4.78 is 44.4. The van der Waals surface area contributed by atoms with Gasteiger partial charge in [0.05, 0.1) is 16.3 Å². The van der Waals surface area contributed by atoms with Crippen LogP contribution in [0.2, 0.25) is 5.02 Å². The van der Waals surface area contributed by atoms with Crippen molar-refractivity contribution in [3.63, 3.8) is 0 Å². The largest absolute Gasteiger partial charge is 0.457 e. The quantitative estimate of drug-likeness (QED) is 0.477. The second-order valence-electron chi connectivity index (χ2n) is 6.64. The van der Waals surface area contributed by atoms with Gasteiger partial charge in [-0.25, -0.2) is 0 Å². The fourth-order valence-electron chi connectivity index (χ4n) is 3.24. The van der Waals surface area contributed by atoms with Gasteiger partial charge in [0, 0.05) is 30.1 Å². The number of furan rings is 1. The molecule has 3 aromatic rings. The van der Waals surface area contributed by atoms with Gasteiger partial charge in [-0.1, -0.05) is 11.6 Å². The molecule has 3 heterocycles. The fourth-order valence-corrected chi connectivity index (χ4v) is 3.51. The highest BCUT2D eigenvalue weighted by molar-refractivity contribution is 6.33. The Bertz CT molecular complexity index is 1080. The molecule has 0 unspecified atom stereocenters. The van der Waals surface area contributed by atoms with Crippen molar-refractivity contribution >= 4 is 23.4 Å². The second kappa shape index (κ2) is 7.87. The minimum Gasteiger partial charge on any atom is -0.457 e. The van der Waals surface area contributed by atoms with E-state index >= 15 is 0 Å². The number of rotatable bonds is 3. The number of pyridine rings is 1. The second-order valence-corrected chi connectivity index (χ2v) is 7.05. The zero-order valence-electron chi connectivity index (χ0n) is 15.2. The maximum absolute atomic E-state index is 12.8. The molecule has 0 N–H and O–H groups in total. The summed E-state index contributed by atoms with van der Waals surface area (Å²) >= 11 is 6.07. The molecule has 0 amide bonds. The van der Waals surface area contributed by atoms with E-state index in [1.807, 2.05) is 18.2 Å². The zero-order chi connectivity index (χ0) is 20.4. The Kier molecular flexibility index (Phi) is 5.28. The lowest BCUT2D eigenvalue weighted by Gasteiger charge is -2.15. The average molecular weight is 417 g/mol. The van der Waals surface area contributed by atoms with E-state index in [4.69, 9.17) is 16.0 Å². The van der Waals surface area contributed by atoms with E-state index in [1.165, 1.54) is 6.07 Å². The number of alkyl halides is 3. The summed E-state index contributed by atoms with van der Waals surface area (Å²) in [6.45, 7) is 0.756. The standard InChI is InChI=1S/C22H16ClF3N2O/c23-19-12-16(22(24,25)26)5-7-18(19)20-8-6-17(29-20)11-14-3-2-10-28-21(14)15-4-1-9-27-13-15/h1,4-9,11-13H,2-3,10H2. The number of hydrogen-bond acceptors (Lipinski definition) is 3. The van der Waals surface area contributed by atoms with Crippen molar-refractivity contribution in [3.8, 4) is 11.3 Å². The van der Waals surface area contributed by atoms with E-state index in [1.54, 1.807) is 24.5 Å². The Morgan fingerprint density at radius 2 is 1.97 bits per heavy atom. The molecule has 29 heavy (non-hydrogen) atoms. The lowest BCUT2D eigenvalue weighted by atomic mass is 9.96. The number of aromatic nitrogens is 1. The third-order valence-electron chi connectivity index (χ3n) is 4.62. The summed E-state index contributed by atoms with van der Waals surface area (Å²) in [6, 6.07) is 10.5. The van der Waals surface area contributed by atoms with Crippen molar-refractivity contribution in [1.82, 2.24) is 4.98 Å². The van der Waals surface area contributed by atoms with Crippen LogP contribution in [0.4, 0.5) is 13.2 Å². The highest BCUT2D eigenvalue weighted by Crippen LogP contribution is 2.36. The minimum atomic E-state index is -4.44. The van der Waals surface area contributed by atoms with E-state index in [0.717, 1.165) is 48.4 Å². The van der Waals surface area contributed by atoms with Crippen molar-refractivity contribution in [2.24, 2.45) is 4.99 Å². The van der Waals surface area contributed by atoms with Gasteiger partial charge >= 0.3 is 6.18 Å². The number of hydrogen-bond donors (Lipinski definition) is 0. The lowest BCUT2D eigenvalue weighted by Crippen LogP contribution is -2.11. The van der Waals surface area contributed by atoms with Crippen LogP contribution in [0.15, 0.2) is 69.8 Å². The summed E-state index contributed by atoms with van der Waals surface area (Å²) in [5.74, 6) is 0.996. The highest BCUT2D eigenvalue weighted by atomic mass is 35.5. The number of benzene rings is 1. The summed E-state index contributed by atoms with van der Waals surface area (Å²) in [4.78, 5) is 8.78. The topological polar surface area (TPSA) is 38.4 Å². The van der Waals surface area contributed by atoms with Crippen LogP contribution in [0.5, 0.6) is 0 Å². The first-order valence-electron chi connectivity index (χ1n) is 9.04. The molecule has 0 bridgehead atoms. The number of nitrogens with zero attached hydrogens (tertiary/aromatic N) is 2. The van der Waals surface area contributed by atoms with Crippen molar-refractivity contribution in [3.05, 3.63) is 82.3 Å². The van der Waals surface area contributed by atoms with E-state index < -0.39 is 11.7 Å². The number of halogens is 4. The van der Waals surface area contributed by atoms with Crippen LogP contribution in [0.3, 0.4) is 0 Å². The van der Waals surface area contributed by atoms with E-state index in [2.05, 4.69) is 9.98 Å². The Morgan fingerprint density at radius 3 is 2.69 bits per heavy atom. The van der Waals surface area contributed by atoms with Gasteiger partial charge < -0.3 is 4.42 Å². The van der Waals surface area contributed by atoms with Gasteiger partial charge in [-0.2, -0.15) is 13.2 Å². The predicted molar refractivity (Wildman–Crippen MR) is 107 cm³/mol. The fraction of sp³-hybridized carbons (Fsp3) is 0.182. The van der Waals surface area contributed by atoms with Crippen LogP contribution in [-0.2, 0) is 6.18 Å². The molecule has 0 saturated heterocycles. The van der Waals surface area contributed by atoms with Gasteiger partial charge in [0.2, 0.25) is 0 Å². The van der Waals surface area contributed by atoms with Crippen LogP contribution in [0, 0.1) is 0 Å². The monoisotopic (exact) mass is 416 g/mol. The Labute approximate surface area is 170 Å². The first-order chi connectivity index (χ1) is 13.9. The summed E-state index contributed by atoms with van der Waals surface area (Å²) in [6.07, 6.45) is 2.74. The van der Waals surface area contributed by atoms with Crippen LogP contribution < -0.4 is 0 Å². The van der Waals surface area contributed by atoms with Gasteiger partial charge in [0.1, 0.15) is 11.5 Å². The van der Waals surface area contributed by atoms with Crippen LogP contribution in [0.1, 0.15) is 29.7 Å². The third kappa shape index (κ3) is 4.27. The summed E-state index contributed by atoms with van der Waals surface area (Å²) in [5, 5.41) is -0.0105. The Balaban J connectivity index is 1.64. The highest BCUT2D eigenvalue weighted by Gasteiger charge is 2.31. The molecule has 3 nitrogen and oxygen atoms in total. The third-order valence-corrected chi connectivity index (χ3v) is 4.93. The van der Waals surface area contributed by atoms with E-state index in [0.29, 0.717) is 17.1 Å².